The van der Waals surface area contributed by atoms with Crippen molar-refractivity contribution in [3.05, 3.63) is 173 Å². The normalized spacial score (nSPS) is 19.4. The van der Waals surface area contributed by atoms with Crippen molar-refractivity contribution in [2.45, 2.75) is 47.5 Å². The van der Waals surface area contributed by atoms with Gasteiger partial charge in [-0.15, -0.1) is 0 Å². The number of para-hydroxylation sites is 1. The van der Waals surface area contributed by atoms with E-state index in [1.54, 1.807) is 36.5 Å². The lowest BCUT2D eigenvalue weighted by Crippen LogP contribution is -2.39. The second-order valence-electron chi connectivity index (χ2n) is 12.0. The van der Waals surface area contributed by atoms with Crippen LogP contribution >= 0.6 is 11.8 Å². The molecule has 2 N–H and O–H groups in total. The summed E-state index contributed by atoms with van der Waals surface area (Å²) in [4.78, 5) is 4.42. The molecule has 6 aromatic rings. The van der Waals surface area contributed by atoms with Crippen molar-refractivity contribution in [1.82, 2.24) is 9.71 Å². The highest BCUT2D eigenvalue weighted by Crippen LogP contribution is 2.48. The predicted octanol–water partition coefficient (Wildman–Crippen LogP) is 6.57. The smallest absolute Gasteiger partial charge is 0.251 e. The molecule has 1 aliphatic heterocycles. The Balaban J connectivity index is 1.16. The zero-order chi connectivity index (χ0) is 34.5. The van der Waals surface area contributed by atoms with Crippen LogP contribution < -0.4 is 9.45 Å². The number of benzene rings is 4. The molecule has 11 heteroatoms. The molecule has 0 spiro atoms. The zero-order valence-corrected chi connectivity index (χ0v) is 28.5. The van der Waals surface area contributed by atoms with Crippen LogP contribution in [0.1, 0.15) is 46.1 Å². The van der Waals surface area contributed by atoms with Gasteiger partial charge in [0.1, 0.15) is 4.90 Å². The van der Waals surface area contributed by atoms with E-state index in [2.05, 4.69) is 21.8 Å². The van der Waals surface area contributed by atoms with Gasteiger partial charge in [0.25, 0.3) is 5.03 Å². The third-order valence-corrected chi connectivity index (χ3v) is 11.3. The second-order valence-corrected chi connectivity index (χ2v) is 14.7. The number of nitrogens with one attached hydrogen (secondary N) is 1. The standard InChI is InChI=1S/C39H35N3O6S2/c43-25-28-16-18-31(19-17-28)38-36(29-8-2-1-3-9-29)33(26-49-35-13-4-5-23-42(35)44)47-39(48-38)32-20-14-27(15-21-32)24-41-50(45,46)34-12-6-10-30-11-7-22-40-37(30)34/h1-23,33,36,38-39,41,43H,24-26H2/t33-,36-,38+,39?/m1/s1. The van der Waals surface area contributed by atoms with Crippen molar-refractivity contribution in [3.8, 4) is 0 Å². The molecule has 0 aliphatic carbocycles. The van der Waals surface area contributed by atoms with E-state index in [-0.39, 0.29) is 30.1 Å². The average molecular weight is 706 g/mol. The largest absolute Gasteiger partial charge is 0.618 e. The van der Waals surface area contributed by atoms with Gasteiger partial charge in [0.2, 0.25) is 10.0 Å². The number of aliphatic hydroxyl groups excluding tert-OH is 1. The van der Waals surface area contributed by atoms with E-state index >= 15 is 0 Å². The van der Waals surface area contributed by atoms with Crippen LogP contribution in [0.5, 0.6) is 0 Å². The number of aliphatic hydroxyl groups is 1. The Morgan fingerprint density at radius 1 is 0.780 bits per heavy atom. The van der Waals surface area contributed by atoms with Gasteiger partial charge in [0, 0.05) is 47.5 Å². The Kier molecular flexibility index (Phi) is 10.2. The van der Waals surface area contributed by atoms with Crippen molar-refractivity contribution in [1.29, 1.82) is 0 Å². The summed E-state index contributed by atoms with van der Waals surface area (Å²) >= 11 is 1.43. The van der Waals surface area contributed by atoms with Gasteiger partial charge >= 0.3 is 0 Å². The lowest BCUT2D eigenvalue weighted by molar-refractivity contribution is -0.645. The van der Waals surface area contributed by atoms with Gasteiger partial charge < -0.3 is 19.8 Å². The molecule has 9 nitrogen and oxygen atoms in total. The number of nitrogens with zero attached hydrogens (tertiary/aromatic N) is 2. The van der Waals surface area contributed by atoms with Gasteiger partial charge in [-0.2, -0.15) is 4.73 Å². The number of aromatic nitrogens is 2. The number of sulfonamides is 1. The summed E-state index contributed by atoms with van der Waals surface area (Å²) in [7, 11) is -3.83. The van der Waals surface area contributed by atoms with Crippen LogP contribution in [0.25, 0.3) is 10.9 Å². The molecule has 1 fully saturated rings. The second kappa shape index (κ2) is 15.1. The fraction of sp³-hybridized carbons (Fsp3) is 0.179. The lowest BCUT2D eigenvalue weighted by Gasteiger charge is -2.43. The minimum atomic E-state index is -3.83. The third kappa shape index (κ3) is 7.43. The molecule has 1 unspecified atom stereocenters. The number of hydrogen-bond donors (Lipinski definition) is 2. The number of thioether (sulfide) groups is 1. The molecule has 7 rings (SSSR count). The summed E-state index contributed by atoms with van der Waals surface area (Å²) < 4.78 is 43.7. The van der Waals surface area contributed by atoms with Gasteiger partial charge in [-0.25, -0.2) is 13.1 Å². The predicted molar refractivity (Wildman–Crippen MR) is 191 cm³/mol. The van der Waals surface area contributed by atoms with E-state index in [1.165, 1.54) is 18.0 Å². The van der Waals surface area contributed by atoms with Crippen molar-refractivity contribution in [2.24, 2.45) is 0 Å². The van der Waals surface area contributed by atoms with Crippen LogP contribution in [0.4, 0.5) is 0 Å². The molecule has 1 aliphatic rings. The Hall–Kier alpha value is -4.62. The molecule has 0 amide bonds. The van der Waals surface area contributed by atoms with Crippen LogP contribution in [0.15, 0.2) is 150 Å². The summed E-state index contributed by atoms with van der Waals surface area (Å²) in [5.74, 6) is 0.278. The van der Waals surface area contributed by atoms with E-state index in [4.69, 9.17) is 9.47 Å². The molecule has 50 heavy (non-hydrogen) atoms. The van der Waals surface area contributed by atoms with Gasteiger partial charge in [0.15, 0.2) is 12.5 Å². The van der Waals surface area contributed by atoms with E-state index in [1.807, 2.05) is 84.9 Å². The molecule has 4 aromatic carbocycles. The van der Waals surface area contributed by atoms with Gasteiger partial charge in [-0.1, -0.05) is 109 Å². The number of pyridine rings is 2. The summed E-state index contributed by atoms with van der Waals surface area (Å²) in [5.41, 5.74) is 4.73. The highest BCUT2D eigenvalue weighted by Gasteiger charge is 2.42. The van der Waals surface area contributed by atoms with Crippen LogP contribution in [0, 0.1) is 5.21 Å². The van der Waals surface area contributed by atoms with Crippen LogP contribution in [0.3, 0.4) is 0 Å². The highest BCUT2D eigenvalue weighted by molar-refractivity contribution is 7.99. The van der Waals surface area contributed by atoms with Gasteiger partial charge in [0.05, 0.1) is 24.3 Å². The fourth-order valence-corrected chi connectivity index (χ4v) is 8.36. The summed E-state index contributed by atoms with van der Waals surface area (Å²) in [6.07, 6.45) is 1.55. The molecular formula is C39H35N3O6S2. The first-order valence-corrected chi connectivity index (χ1v) is 18.7. The van der Waals surface area contributed by atoms with Crippen molar-refractivity contribution >= 4 is 32.7 Å². The maximum atomic E-state index is 13.3. The summed E-state index contributed by atoms with van der Waals surface area (Å²) in [5, 5.41) is 23.5. The molecule has 0 saturated carbocycles. The Morgan fingerprint density at radius 2 is 1.50 bits per heavy atom. The average Bonchev–Trinajstić information content (AvgIpc) is 3.17. The maximum absolute atomic E-state index is 13.3. The van der Waals surface area contributed by atoms with E-state index in [0.29, 0.717) is 16.3 Å². The quantitative estimate of drug-likeness (QED) is 0.0882. The highest BCUT2D eigenvalue weighted by atomic mass is 32.2. The number of ether oxygens (including phenoxy) is 2. The molecule has 3 heterocycles. The molecular weight excluding hydrogens is 671 g/mol. The van der Waals surface area contributed by atoms with Crippen molar-refractivity contribution in [2.75, 3.05) is 5.75 Å². The molecule has 4 atom stereocenters. The van der Waals surface area contributed by atoms with Crippen LogP contribution in [-0.4, -0.2) is 30.4 Å². The number of hydrogen-bond acceptors (Lipinski definition) is 8. The minimum Gasteiger partial charge on any atom is -0.618 e. The first-order valence-electron chi connectivity index (χ1n) is 16.2. The van der Waals surface area contributed by atoms with E-state index in [9.17, 15) is 18.7 Å². The van der Waals surface area contributed by atoms with Crippen molar-refractivity contribution in [3.63, 3.8) is 0 Å². The monoisotopic (exact) mass is 705 g/mol. The summed E-state index contributed by atoms with van der Waals surface area (Å²) in [6.45, 7) is 0.0200. The maximum Gasteiger partial charge on any atom is 0.251 e. The molecule has 1 saturated heterocycles. The Bertz CT molecular complexity index is 2160. The third-order valence-electron chi connectivity index (χ3n) is 8.76. The van der Waals surface area contributed by atoms with E-state index < -0.39 is 22.4 Å². The van der Waals surface area contributed by atoms with Gasteiger partial charge in [-0.05, 0) is 40.5 Å². The molecule has 0 radical (unpaired) electrons. The summed E-state index contributed by atoms with van der Waals surface area (Å²) in [6, 6.07) is 39.3. The SMILES string of the molecule is O=S(=O)(NCc1ccc(C2O[C@H](CSc3cccc[n+]3[O-])[C@@H](c3ccccc3)[C@H](c3ccc(CO)cc3)O2)cc1)c1cccc2cccnc12. The first-order chi connectivity index (χ1) is 24.4. The fourth-order valence-electron chi connectivity index (χ4n) is 6.19. The van der Waals surface area contributed by atoms with Crippen LogP contribution in [0.2, 0.25) is 0 Å². The Labute approximate surface area is 295 Å². The molecule has 2 aromatic heterocycles. The lowest BCUT2D eigenvalue weighted by atomic mass is 9.84. The number of fused-ring (bicyclic) bond motifs is 1. The van der Waals surface area contributed by atoms with Crippen molar-refractivity contribution < 1.29 is 27.7 Å². The topological polar surface area (TPSA) is 125 Å². The first kappa shape index (κ1) is 33.9. The Morgan fingerprint density at radius 3 is 2.26 bits per heavy atom. The number of rotatable bonds is 11. The van der Waals surface area contributed by atoms with E-state index in [0.717, 1.165) is 37.9 Å². The van der Waals surface area contributed by atoms with Crippen LogP contribution in [-0.2, 0) is 32.6 Å². The molecule has 0 bridgehead atoms. The zero-order valence-electron chi connectivity index (χ0n) is 26.9. The van der Waals surface area contributed by atoms with Gasteiger partial charge in [-0.3, -0.25) is 4.98 Å². The minimum absolute atomic E-state index is 0.0630. The molecule has 254 valence electrons.